The number of ether oxygens (including phenoxy) is 2. The van der Waals surface area contributed by atoms with E-state index in [0.29, 0.717) is 5.75 Å². The molecular formula is C29H39NO4. The van der Waals surface area contributed by atoms with Crippen LogP contribution in [0.2, 0.25) is 0 Å². The molecule has 3 aromatic rings. The number of esters is 1. The van der Waals surface area contributed by atoms with Crippen LogP contribution in [0.1, 0.15) is 53.4 Å². The zero-order chi connectivity index (χ0) is 24.5. The molecule has 0 aliphatic rings. The number of hydrogen-bond acceptors (Lipinski definition) is 4. The molecule has 0 radical (unpaired) electrons. The Morgan fingerprint density at radius 2 is 1.79 bits per heavy atom. The van der Waals surface area contributed by atoms with Gasteiger partial charge in [-0.25, -0.2) is 0 Å². The predicted molar refractivity (Wildman–Crippen MR) is 138 cm³/mol. The van der Waals surface area contributed by atoms with Gasteiger partial charge in [0.2, 0.25) is 0 Å². The summed E-state index contributed by atoms with van der Waals surface area (Å²) in [5, 5.41) is 11.5. The second-order valence-corrected chi connectivity index (χ2v) is 9.24. The molecule has 0 aliphatic carbocycles. The Labute approximate surface area is 203 Å². The number of hydrogen-bond donors (Lipinski definition) is 1. The van der Waals surface area contributed by atoms with Gasteiger partial charge in [0.05, 0.1) is 5.92 Å². The van der Waals surface area contributed by atoms with Crippen LogP contribution in [0.4, 0.5) is 0 Å². The molecule has 184 valence electrons. The summed E-state index contributed by atoms with van der Waals surface area (Å²) in [5.74, 6) is 0.479. The molecule has 1 heterocycles. The minimum absolute atomic E-state index is 0.0634. The van der Waals surface area contributed by atoms with Gasteiger partial charge in [0.15, 0.2) is 0 Å². The van der Waals surface area contributed by atoms with Crippen LogP contribution >= 0.6 is 0 Å². The van der Waals surface area contributed by atoms with Gasteiger partial charge in [0.25, 0.3) is 0 Å². The molecule has 0 saturated heterocycles. The summed E-state index contributed by atoms with van der Waals surface area (Å²) in [6.07, 6.45) is 3.56. The van der Waals surface area contributed by atoms with E-state index in [4.69, 9.17) is 9.47 Å². The normalized spacial score (nSPS) is 14.0. The molecule has 34 heavy (non-hydrogen) atoms. The molecule has 0 saturated carbocycles. The molecule has 0 fully saturated rings. The molecule has 0 spiro atoms. The highest BCUT2D eigenvalue weighted by Crippen LogP contribution is 2.31. The molecule has 3 atom stereocenters. The Morgan fingerprint density at radius 3 is 2.56 bits per heavy atom. The van der Waals surface area contributed by atoms with E-state index in [-0.39, 0.29) is 31.0 Å². The van der Waals surface area contributed by atoms with E-state index >= 15 is 0 Å². The number of fused-ring (bicyclic) bond motifs is 1. The number of aliphatic hydroxyl groups is 1. The zero-order valence-electron chi connectivity index (χ0n) is 21.0. The third-order valence-corrected chi connectivity index (χ3v) is 6.66. The standard InChI is InChI=1S/C29H39NO4/c1-5-7-10-16-30-27-15-9-8-12-24(27)18-28(30)23-13-11-14-26(17-23)33-19-25(31)20-34-29(32)22(4)21(3)6-2/h8-9,11-15,17-18,21-22,25,31H,5-7,10,16,19-20H2,1-4H3. The third kappa shape index (κ3) is 6.63. The summed E-state index contributed by atoms with van der Waals surface area (Å²) < 4.78 is 13.5. The average molecular weight is 466 g/mol. The van der Waals surface area contributed by atoms with Crippen LogP contribution in [-0.2, 0) is 16.1 Å². The molecular weight excluding hydrogens is 426 g/mol. The van der Waals surface area contributed by atoms with Gasteiger partial charge in [-0.2, -0.15) is 0 Å². The van der Waals surface area contributed by atoms with Gasteiger partial charge in [0, 0.05) is 28.7 Å². The van der Waals surface area contributed by atoms with Gasteiger partial charge < -0.3 is 19.1 Å². The van der Waals surface area contributed by atoms with Crippen molar-refractivity contribution in [1.29, 1.82) is 0 Å². The SMILES string of the molecule is CCCCCn1c(-c2cccc(OCC(O)COC(=O)C(C)C(C)CC)c2)cc2ccccc21. The quantitative estimate of drug-likeness (QED) is 0.232. The summed E-state index contributed by atoms with van der Waals surface area (Å²) in [7, 11) is 0. The molecule has 3 unspecified atom stereocenters. The van der Waals surface area contributed by atoms with Crippen molar-refractivity contribution in [3.05, 3.63) is 54.6 Å². The molecule has 5 heteroatoms. The maximum Gasteiger partial charge on any atom is 0.309 e. The first kappa shape index (κ1) is 25.8. The number of aromatic nitrogens is 1. The average Bonchev–Trinajstić information content (AvgIpc) is 3.24. The van der Waals surface area contributed by atoms with Crippen LogP contribution in [0.25, 0.3) is 22.2 Å². The lowest BCUT2D eigenvalue weighted by molar-refractivity contribution is -0.153. The molecule has 5 nitrogen and oxygen atoms in total. The summed E-state index contributed by atoms with van der Waals surface area (Å²) in [5.41, 5.74) is 3.48. The second kappa shape index (κ2) is 12.6. The Balaban J connectivity index is 1.66. The van der Waals surface area contributed by atoms with Gasteiger partial charge in [-0.15, -0.1) is 0 Å². The molecule has 1 N–H and O–H groups in total. The van der Waals surface area contributed by atoms with Gasteiger partial charge in [-0.3, -0.25) is 4.79 Å². The van der Waals surface area contributed by atoms with Crippen molar-refractivity contribution in [1.82, 2.24) is 4.57 Å². The highest BCUT2D eigenvalue weighted by Gasteiger charge is 2.21. The Kier molecular flexibility index (Phi) is 9.58. The Bertz CT molecular complexity index is 1060. The molecule has 2 aromatic carbocycles. The smallest absolute Gasteiger partial charge is 0.309 e. The topological polar surface area (TPSA) is 60.7 Å². The first-order chi connectivity index (χ1) is 16.4. The summed E-state index contributed by atoms with van der Waals surface area (Å²) in [6.45, 7) is 9.14. The van der Waals surface area contributed by atoms with Crippen LogP contribution < -0.4 is 4.74 Å². The van der Waals surface area contributed by atoms with E-state index in [1.165, 1.54) is 23.7 Å². The third-order valence-electron chi connectivity index (χ3n) is 6.66. The second-order valence-electron chi connectivity index (χ2n) is 9.24. The lowest BCUT2D eigenvalue weighted by atomic mass is 9.94. The number of unbranched alkanes of at least 4 members (excludes halogenated alkanes) is 2. The van der Waals surface area contributed by atoms with E-state index in [2.05, 4.69) is 54.8 Å². The highest BCUT2D eigenvalue weighted by atomic mass is 16.5. The Hall–Kier alpha value is -2.79. The monoisotopic (exact) mass is 465 g/mol. The van der Waals surface area contributed by atoms with Crippen LogP contribution in [0.5, 0.6) is 5.75 Å². The van der Waals surface area contributed by atoms with Gasteiger partial charge in [0.1, 0.15) is 25.1 Å². The van der Waals surface area contributed by atoms with Crippen LogP contribution in [0, 0.1) is 11.8 Å². The number of aryl methyl sites for hydroxylation is 1. The van der Waals surface area contributed by atoms with E-state index in [1.807, 2.05) is 32.0 Å². The number of benzene rings is 2. The fraction of sp³-hybridized carbons (Fsp3) is 0.483. The van der Waals surface area contributed by atoms with Gasteiger partial charge >= 0.3 is 5.97 Å². The van der Waals surface area contributed by atoms with E-state index in [1.54, 1.807) is 0 Å². The van der Waals surface area contributed by atoms with E-state index in [9.17, 15) is 9.90 Å². The van der Waals surface area contributed by atoms with Crippen molar-refractivity contribution >= 4 is 16.9 Å². The lowest BCUT2D eigenvalue weighted by Crippen LogP contribution is -2.28. The van der Waals surface area contributed by atoms with E-state index in [0.717, 1.165) is 30.6 Å². The maximum atomic E-state index is 12.1. The van der Waals surface area contributed by atoms with Crippen molar-refractivity contribution in [2.75, 3.05) is 13.2 Å². The van der Waals surface area contributed by atoms with Crippen molar-refractivity contribution in [2.24, 2.45) is 11.8 Å². The molecule has 1 aromatic heterocycles. The number of carbonyl (C=O) groups excluding carboxylic acids is 1. The number of aliphatic hydroxyl groups excluding tert-OH is 1. The van der Waals surface area contributed by atoms with Crippen LogP contribution in [0.3, 0.4) is 0 Å². The maximum absolute atomic E-state index is 12.1. The number of nitrogens with zero attached hydrogens (tertiary/aromatic N) is 1. The Morgan fingerprint density at radius 1 is 1.00 bits per heavy atom. The van der Waals surface area contributed by atoms with Crippen molar-refractivity contribution in [2.45, 2.75) is 66.0 Å². The van der Waals surface area contributed by atoms with Crippen LogP contribution in [0.15, 0.2) is 54.6 Å². The van der Waals surface area contributed by atoms with Gasteiger partial charge in [-0.05, 0) is 36.6 Å². The largest absolute Gasteiger partial charge is 0.491 e. The summed E-state index contributed by atoms with van der Waals surface area (Å²) >= 11 is 0. The number of rotatable bonds is 13. The summed E-state index contributed by atoms with van der Waals surface area (Å²) in [4.78, 5) is 12.1. The molecule has 3 rings (SSSR count). The first-order valence-electron chi connectivity index (χ1n) is 12.6. The zero-order valence-corrected chi connectivity index (χ0v) is 21.0. The van der Waals surface area contributed by atoms with Crippen molar-refractivity contribution < 1.29 is 19.4 Å². The fourth-order valence-corrected chi connectivity index (χ4v) is 4.09. The number of para-hydroxylation sites is 1. The lowest BCUT2D eigenvalue weighted by Gasteiger charge is -2.18. The van der Waals surface area contributed by atoms with Crippen molar-refractivity contribution in [3.63, 3.8) is 0 Å². The molecule has 0 aliphatic heterocycles. The highest BCUT2D eigenvalue weighted by molar-refractivity contribution is 5.87. The first-order valence-corrected chi connectivity index (χ1v) is 12.6. The van der Waals surface area contributed by atoms with Crippen LogP contribution in [-0.4, -0.2) is 35.0 Å². The predicted octanol–water partition coefficient (Wildman–Crippen LogP) is 6.46. The molecule has 0 bridgehead atoms. The molecule has 0 amide bonds. The minimum atomic E-state index is -0.878. The minimum Gasteiger partial charge on any atom is -0.491 e. The summed E-state index contributed by atoms with van der Waals surface area (Å²) in [6, 6.07) is 18.7. The number of carbonyl (C=O) groups is 1. The van der Waals surface area contributed by atoms with Gasteiger partial charge in [-0.1, -0.05) is 77.3 Å². The van der Waals surface area contributed by atoms with E-state index < -0.39 is 6.10 Å². The van der Waals surface area contributed by atoms with Crippen molar-refractivity contribution in [3.8, 4) is 17.0 Å². The fourth-order valence-electron chi connectivity index (χ4n) is 4.09.